The molecule has 1 aliphatic heterocycles. The van der Waals surface area contributed by atoms with Gasteiger partial charge in [0.15, 0.2) is 0 Å². The van der Waals surface area contributed by atoms with E-state index in [0.29, 0.717) is 28.1 Å². The van der Waals surface area contributed by atoms with Crippen molar-refractivity contribution in [3.8, 4) is 0 Å². The lowest BCUT2D eigenvalue weighted by Gasteiger charge is -2.37. The van der Waals surface area contributed by atoms with Crippen molar-refractivity contribution in [2.45, 2.75) is 13.3 Å². The Labute approximate surface area is 215 Å². The number of carbonyl (C=O) groups is 3. The highest BCUT2D eigenvalue weighted by molar-refractivity contribution is 9.10. The van der Waals surface area contributed by atoms with Gasteiger partial charge in [0, 0.05) is 15.7 Å². The molecule has 2 aromatic rings. The van der Waals surface area contributed by atoms with Gasteiger partial charge in [0.2, 0.25) is 11.8 Å². The second-order valence-electron chi connectivity index (χ2n) is 9.69. The summed E-state index contributed by atoms with van der Waals surface area (Å²) in [6, 6.07) is 10.2. The molecular formula is C26H21BrCl2N2O3. The number of likely N-dealkylation sites (tertiary alicyclic amines) is 1. The van der Waals surface area contributed by atoms with E-state index in [1.165, 1.54) is 15.9 Å². The summed E-state index contributed by atoms with van der Waals surface area (Å²) >= 11 is 15.7. The highest BCUT2D eigenvalue weighted by Crippen LogP contribution is 2.65. The monoisotopic (exact) mass is 558 g/mol. The largest absolute Gasteiger partial charge is 0.289 e. The van der Waals surface area contributed by atoms with E-state index in [4.69, 9.17) is 23.2 Å². The highest BCUT2D eigenvalue weighted by Gasteiger charge is 2.67. The van der Waals surface area contributed by atoms with Gasteiger partial charge in [0.1, 0.15) is 6.67 Å². The lowest BCUT2D eigenvalue weighted by molar-refractivity contribution is -0.140. The molecule has 174 valence electrons. The van der Waals surface area contributed by atoms with Crippen LogP contribution in [0.15, 0.2) is 53.0 Å². The summed E-state index contributed by atoms with van der Waals surface area (Å²) in [6.45, 7) is 1.75. The van der Waals surface area contributed by atoms with Crippen LogP contribution in [0.25, 0.3) is 0 Å². The first kappa shape index (κ1) is 22.3. The fraction of sp³-hybridized carbons (Fsp3) is 0.346. The minimum Gasteiger partial charge on any atom is -0.289 e. The summed E-state index contributed by atoms with van der Waals surface area (Å²) in [5, 5.41) is 0.612. The number of halogens is 3. The number of hydrogen-bond acceptors (Lipinski definition) is 3. The van der Waals surface area contributed by atoms with Crippen molar-refractivity contribution in [2.24, 2.45) is 35.5 Å². The third-order valence-electron chi connectivity index (χ3n) is 7.90. The minimum atomic E-state index is -0.358. The summed E-state index contributed by atoms with van der Waals surface area (Å²) in [7, 11) is 0. The molecule has 1 heterocycles. The molecule has 5 aliphatic rings. The Kier molecular flexibility index (Phi) is 5.21. The average molecular weight is 560 g/mol. The molecule has 0 aromatic heterocycles. The van der Waals surface area contributed by atoms with E-state index in [1.54, 1.807) is 12.1 Å². The molecule has 0 unspecified atom stereocenters. The van der Waals surface area contributed by atoms with Gasteiger partial charge in [-0.1, -0.05) is 51.3 Å². The van der Waals surface area contributed by atoms with Gasteiger partial charge in [-0.2, -0.15) is 0 Å². The minimum absolute atomic E-state index is 0.134. The number of rotatable bonds is 4. The predicted octanol–water partition coefficient (Wildman–Crippen LogP) is 5.72. The van der Waals surface area contributed by atoms with Gasteiger partial charge < -0.3 is 0 Å². The summed E-state index contributed by atoms with van der Waals surface area (Å²) in [4.78, 5) is 43.6. The van der Waals surface area contributed by atoms with Crippen LogP contribution in [-0.4, -0.2) is 29.3 Å². The molecule has 5 nitrogen and oxygen atoms in total. The van der Waals surface area contributed by atoms with Crippen molar-refractivity contribution in [2.75, 3.05) is 11.6 Å². The zero-order valence-corrected chi connectivity index (χ0v) is 21.3. The van der Waals surface area contributed by atoms with E-state index in [0.717, 1.165) is 16.5 Å². The number of benzene rings is 2. The molecule has 0 radical (unpaired) electrons. The van der Waals surface area contributed by atoms with Gasteiger partial charge >= 0.3 is 0 Å². The first-order valence-corrected chi connectivity index (χ1v) is 12.9. The number of anilines is 1. The third-order valence-corrected chi connectivity index (χ3v) is 9.13. The number of aryl methyl sites for hydroxylation is 1. The second kappa shape index (κ2) is 7.94. The first-order valence-electron chi connectivity index (χ1n) is 11.3. The maximum Gasteiger partial charge on any atom is 0.259 e. The number of allylic oxidation sites excluding steroid dienone is 2. The Bertz CT molecular complexity index is 1260. The Morgan fingerprint density at radius 1 is 1.00 bits per heavy atom. The standard InChI is InChI=1S/C26H21BrCl2N2O3/c1-12-8-14(27)3-7-21(12)30(24(32)13-2-6-19(28)20(29)9-13)11-31-25(33)22-15-4-5-16(18-10-17(15)18)23(22)26(31)34/h2-9,15-18,22-23H,10-11H2,1H3/t15-,16+,17-,18-,22+,23+/m1/s1. The number of imide groups is 1. The third kappa shape index (κ3) is 3.29. The normalized spacial score (nSPS) is 30.4. The van der Waals surface area contributed by atoms with Gasteiger partial charge in [0.25, 0.3) is 5.91 Å². The summed E-state index contributed by atoms with van der Waals surface area (Å²) in [5.41, 5.74) is 1.79. The van der Waals surface area contributed by atoms with Crippen molar-refractivity contribution < 1.29 is 14.4 Å². The Hall–Kier alpha value is -2.15. The first-order chi connectivity index (χ1) is 16.3. The van der Waals surface area contributed by atoms with E-state index >= 15 is 0 Å². The molecule has 2 bridgehead atoms. The van der Waals surface area contributed by atoms with Crippen LogP contribution < -0.4 is 4.90 Å². The van der Waals surface area contributed by atoms with Crippen LogP contribution >= 0.6 is 39.1 Å². The maximum atomic E-state index is 13.7. The molecule has 0 spiro atoms. The fourth-order valence-electron chi connectivity index (χ4n) is 6.26. The van der Waals surface area contributed by atoms with Crippen LogP contribution in [-0.2, 0) is 9.59 Å². The Morgan fingerprint density at radius 2 is 1.65 bits per heavy atom. The maximum absolute atomic E-state index is 13.7. The summed E-state index contributed by atoms with van der Waals surface area (Å²) in [6.07, 6.45) is 5.40. The Morgan fingerprint density at radius 3 is 2.24 bits per heavy atom. The quantitative estimate of drug-likeness (QED) is 0.355. The van der Waals surface area contributed by atoms with Gasteiger partial charge in [-0.25, -0.2) is 0 Å². The van der Waals surface area contributed by atoms with Crippen molar-refractivity contribution in [3.63, 3.8) is 0 Å². The van der Waals surface area contributed by atoms with Crippen LogP contribution in [0.5, 0.6) is 0 Å². The SMILES string of the molecule is Cc1cc(Br)ccc1N(CN1C(=O)[C@H]2[C@@H]3C=C[C@@H]([C@H]4C[C@H]34)[C@@H]2C1=O)C(=O)c1ccc(Cl)c(Cl)c1. The van der Waals surface area contributed by atoms with Crippen LogP contribution in [0.2, 0.25) is 10.0 Å². The van der Waals surface area contributed by atoms with Crippen molar-refractivity contribution in [1.82, 2.24) is 4.90 Å². The van der Waals surface area contributed by atoms with Crippen molar-refractivity contribution >= 4 is 62.5 Å². The summed E-state index contributed by atoms with van der Waals surface area (Å²) in [5.74, 6) is 0.0148. The van der Waals surface area contributed by atoms with Crippen LogP contribution in [0.4, 0.5) is 5.69 Å². The smallest absolute Gasteiger partial charge is 0.259 e. The van der Waals surface area contributed by atoms with Gasteiger partial charge in [-0.15, -0.1) is 0 Å². The topological polar surface area (TPSA) is 57.7 Å². The van der Waals surface area contributed by atoms with Gasteiger partial charge in [-0.3, -0.25) is 24.2 Å². The van der Waals surface area contributed by atoms with Crippen LogP contribution in [0.3, 0.4) is 0 Å². The van der Waals surface area contributed by atoms with E-state index in [2.05, 4.69) is 28.1 Å². The molecule has 3 fully saturated rings. The van der Waals surface area contributed by atoms with Crippen molar-refractivity contribution in [1.29, 1.82) is 0 Å². The number of carbonyl (C=O) groups excluding carboxylic acids is 3. The van der Waals surface area contributed by atoms with E-state index < -0.39 is 0 Å². The number of hydrogen-bond donors (Lipinski definition) is 0. The fourth-order valence-corrected chi connectivity index (χ4v) is 7.03. The van der Waals surface area contributed by atoms with E-state index in [9.17, 15) is 14.4 Å². The zero-order valence-electron chi connectivity index (χ0n) is 18.3. The molecule has 2 saturated carbocycles. The molecule has 0 N–H and O–H groups in total. The molecule has 2 aromatic carbocycles. The molecule has 3 amide bonds. The van der Waals surface area contributed by atoms with Crippen LogP contribution in [0.1, 0.15) is 22.3 Å². The van der Waals surface area contributed by atoms with Crippen LogP contribution in [0, 0.1) is 42.4 Å². The molecule has 8 heteroatoms. The highest BCUT2D eigenvalue weighted by atomic mass is 79.9. The molecular weight excluding hydrogens is 539 g/mol. The summed E-state index contributed by atoms with van der Waals surface area (Å²) < 4.78 is 0.872. The number of amides is 3. The predicted molar refractivity (Wildman–Crippen MR) is 134 cm³/mol. The molecule has 4 aliphatic carbocycles. The second-order valence-corrected chi connectivity index (χ2v) is 11.4. The Balaban J connectivity index is 1.37. The van der Waals surface area contributed by atoms with Gasteiger partial charge in [-0.05, 0) is 79.0 Å². The zero-order chi connectivity index (χ0) is 23.9. The molecule has 6 atom stereocenters. The lowest BCUT2D eigenvalue weighted by Crippen LogP contribution is -2.45. The molecule has 7 rings (SSSR count). The molecule has 34 heavy (non-hydrogen) atoms. The lowest BCUT2D eigenvalue weighted by atomic mass is 9.63. The van der Waals surface area contributed by atoms with E-state index in [-0.39, 0.29) is 53.1 Å². The van der Waals surface area contributed by atoms with Gasteiger partial charge in [0.05, 0.1) is 21.9 Å². The van der Waals surface area contributed by atoms with Crippen molar-refractivity contribution in [3.05, 3.63) is 74.2 Å². The number of nitrogens with zero attached hydrogens (tertiary/aromatic N) is 2. The average Bonchev–Trinajstić information content (AvgIpc) is 3.59. The van der Waals surface area contributed by atoms with E-state index in [1.807, 2.05) is 25.1 Å². The molecule has 1 saturated heterocycles.